The highest BCUT2D eigenvalue weighted by Crippen LogP contribution is 2.70. The van der Waals surface area contributed by atoms with Crippen LogP contribution >= 0.6 is 0 Å². The van der Waals surface area contributed by atoms with Crippen LogP contribution in [0.1, 0.15) is 85.5 Å². The van der Waals surface area contributed by atoms with Gasteiger partial charge in [0.05, 0.1) is 18.8 Å². The van der Waals surface area contributed by atoms with Crippen LogP contribution in [0, 0.1) is 52.3 Å². The summed E-state index contributed by atoms with van der Waals surface area (Å²) in [6.45, 7) is 10.1. The van der Waals surface area contributed by atoms with E-state index in [1.54, 1.807) is 0 Å². The summed E-state index contributed by atoms with van der Waals surface area (Å²) >= 11 is 0. The van der Waals surface area contributed by atoms with Gasteiger partial charge in [0.25, 0.3) is 0 Å². The van der Waals surface area contributed by atoms with E-state index in [9.17, 15) is 9.90 Å². The maximum Gasteiger partial charge on any atom is 0.171 e. The second-order valence-electron chi connectivity index (χ2n) is 13.0. The highest BCUT2D eigenvalue weighted by Gasteiger charge is 2.71. The Morgan fingerprint density at radius 3 is 2.55 bits per heavy atom. The molecule has 0 unspecified atom stereocenters. The average Bonchev–Trinajstić information content (AvgIpc) is 3.18. The molecular formula is C27H42O4. The van der Waals surface area contributed by atoms with E-state index in [-0.39, 0.29) is 29.0 Å². The number of Topliss-reactive ketones (excluding diaryl/α,β-unsaturated/α-hetero) is 1. The highest BCUT2D eigenvalue weighted by atomic mass is 16.7. The van der Waals surface area contributed by atoms with Crippen molar-refractivity contribution in [2.24, 2.45) is 52.3 Å². The summed E-state index contributed by atoms with van der Waals surface area (Å²) in [5.41, 5.74) is -0.0221. The molecular weight excluding hydrogens is 388 g/mol. The van der Waals surface area contributed by atoms with Gasteiger partial charge in [-0.25, -0.2) is 0 Å². The van der Waals surface area contributed by atoms with E-state index in [0.29, 0.717) is 41.3 Å². The van der Waals surface area contributed by atoms with Gasteiger partial charge >= 0.3 is 0 Å². The summed E-state index contributed by atoms with van der Waals surface area (Å²) in [6, 6.07) is 0. The van der Waals surface area contributed by atoms with Crippen molar-refractivity contribution in [3.05, 3.63) is 0 Å². The predicted octanol–water partition coefficient (Wildman–Crippen LogP) is 4.97. The molecule has 6 rings (SSSR count). The molecule has 0 aromatic carbocycles. The van der Waals surface area contributed by atoms with Crippen molar-refractivity contribution in [2.45, 2.75) is 103 Å². The molecule has 2 saturated heterocycles. The summed E-state index contributed by atoms with van der Waals surface area (Å²) < 4.78 is 13.2. The van der Waals surface area contributed by atoms with Crippen molar-refractivity contribution in [1.82, 2.24) is 0 Å². The van der Waals surface area contributed by atoms with Crippen LogP contribution in [0.5, 0.6) is 0 Å². The second kappa shape index (κ2) is 6.79. The molecule has 6 fully saturated rings. The molecule has 4 heteroatoms. The van der Waals surface area contributed by atoms with Gasteiger partial charge in [-0.05, 0) is 80.0 Å². The number of fused-ring (bicyclic) bond motifs is 7. The zero-order chi connectivity index (χ0) is 21.8. The lowest BCUT2D eigenvalue weighted by Crippen LogP contribution is -2.58. The number of rotatable bonds is 0. The quantitative estimate of drug-likeness (QED) is 0.589. The minimum absolute atomic E-state index is 0.131. The van der Waals surface area contributed by atoms with Gasteiger partial charge in [-0.3, -0.25) is 4.79 Å². The van der Waals surface area contributed by atoms with Crippen LogP contribution in [-0.2, 0) is 14.3 Å². The van der Waals surface area contributed by atoms with Crippen molar-refractivity contribution < 1.29 is 19.4 Å². The number of aliphatic hydroxyl groups excluding tert-OH is 1. The van der Waals surface area contributed by atoms with Crippen LogP contribution in [0.4, 0.5) is 0 Å². The van der Waals surface area contributed by atoms with Crippen LogP contribution in [0.25, 0.3) is 0 Å². The summed E-state index contributed by atoms with van der Waals surface area (Å²) in [5, 5.41) is 10.3. The number of carbonyl (C=O) groups excluding carboxylic acids is 1. The Bertz CT molecular complexity index is 756. The molecule has 0 aromatic rings. The first-order valence-electron chi connectivity index (χ1n) is 13.2. The van der Waals surface area contributed by atoms with Crippen molar-refractivity contribution in [3.63, 3.8) is 0 Å². The van der Waals surface area contributed by atoms with Crippen molar-refractivity contribution in [3.8, 4) is 0 Å². The third-order valence-corrected chi connectivity index (χ3v) is 11.8. The Kier molecular flexibility index (Phi) is 4.62. The van der Waals surface area contributed by atoms with Crippen molar-refractivity contribution >= 4 is 5.78 Å². The number of ketones is 1. The lowest BCUT2D eigenvalue weighted by Gasteiger charge is -2.60. The normalized spacial score (nSPS) is 60.9. The Labute approximate surface area is 187 Å². The Morgan fingerprint density at radius 2 is 1.81 bits per heavy atom. The van der Waals surface area contributed by atoms with E-state index in [0.717, 1.165) is 51.6 Å². The van der Waals surface area contributed by atoms with E-state index in [1.165, 1.54) is 12.8 Å². The van der Waals surface area contributed by atoms with Crippen molar-refractivity contribution in [1.29, 1.82) is 0 Å². The molecule has 0 aromatic heterocycles. The Hall–Kier alpha value is -0.450. The number of hydrogen-bond acceptors (Lipinski definition) is 4. The monoisotopic (exact) mass is 430 g/mol. The topological polar surface area (TPSA) is 55.8 Å². The molecule has 2 heterocycles. The van der Waals surface area contributed by atoms with E-state index in [2.05, 4.69) is 27.7 Å². The molecule has 1 N–H and O–H groups in total. The molecule has 4 saturated carbocycles. The number of hydrogen-bond donors (Lipinski definition) is 1. The molecule has 0 radical (unpaired) electrons. The second-order valence-corrected chi connectivity index (χ2v) is 13.0. The molecule has 1 spiro atoms. The molecule has 174 valence electrons. The van der Waals surface area contributed by atoms with E-state index >= 15 is 0 Å². The number of carbonyl (C=O) groups is 1. The zero-order valence-corrected chi connectivity index (χ0v) is 19.9. The summed E-state index contributed by atoms with van der Waals surface area (Å²) in [4.78, 5) is 14.0. The van der Waals surface area contributed by atoms with Crippen molar-refractivity contribution in [2.75, 3.05) is 6.61 Å². The van der Waals surface area contributed by atoms with Gasteiger partial charge in [0.2, 0.25) is 0 Å². The first-order chi connectivity index (χ1) is 14.7. The van der Waals surface area contributed by atoms with Crippen LogP contribution in [0.15, 0.2) is 0 Å². The average molecular weight is 431 g/mol. The van der Waals surface area contributed by atoms with Crippen LogP contribution < -0.4 is 0 Å². The lowest BCUT2D eigenvalue weighted by atomic mass is 9.44. The maximum absolute atomic E-state index is 14.0. The fourth-order valence-corrected chi connectivity index (χ4v) is 9.93. The van der Waals surface area contributed by atoms with Gasteiger partial charge in [-0.2, -0.15) is 0 Å². The number of aliphatic hydroxyl groups is 1. The van der Waals surface area contributed by atoms with Gasteiger partial charge in [0.15, 0.2) is 5.79 Å². The van der Waals surface area contributed by atoms with Gasteiger partial charge < -0.3 is 14.6 Å². The standard InChI is InChI=1S/C27H42O4/c1-15-7-10-27(30-14-15)16(2)24-22(31-27)12-21-19-6-5-17-11-18(28)8-9-25(17,3)20(19)13-23(29)26(21,24)4/h15-22,24,28H,5-14H2,1-4H3/t15-,16+,17-,18-,19-,20+,21+,22+,24+,25-,26+,27-/m0/s1. The van der Waals surface area contributed by atoms with E-state index < -0.39 is 5.79 Å². The van der Waals surface area contributed by atoms with E-state index in [1.807, 2.05) is 0 Å². The minimum atomic E-state index is -0.448. The van der Waals surface area contributed by atoms with Gasteiger partial charge in [0, 0.05) is 30.1 Å². The largest absolute Gasteiger partial charge is 0.393 e. The molecule has 0 amide bonds. The van der Waals surface area contributed by atoms with Crippen LogP contribution in [0.3, 0.4) is 0 Å². The molecule has 12 atom stereocenters. The van der Waals surface area contributed by atoms with Gasteiger partial charge in [-0.1, -0.05) is 27.7 Å². The SMILES string of the molecule is C[C@H]1CC[C@]2(OC1)O[C@@H]1C[C@@H]3[C@H]4CC[C@H]5C[C@@H](O)CC[C@]5(C)[C@@H]4CC(=O)[C@]3(C)[C@@H]1[C@H]2C. The zero-order valence-electron chi connectivity index (χ0n) is 19.9. The molecule has 4 aliphatic carbocycles. The van der Waals surface area contributed by atoms with Crippen LogP contribution in [-0.4, -0.2) is 35.5 Å². The van der Waals surface area contributed by atoms with E-state index in [4.69, 9.17) is 9.47 Å². The Morgan fingerprint density at radius 1 is 1.00 bits per heavy atom. The fraction of sp³-hybridized carbons (Fsp3) is 0.963. The first-order valence-corrected chi connectivity index (χ1v) is 13.2. The molecule has 6 aliphatic rings. The molecule has 4 nitrogen and oxygen atoms in total. The predicted molar refractivity (Wildman–Crippen MR) is 118 cm³/mol. The molecule has 2 aliphatic heterocycles. The van der Waals surface area contributed by atoms with Crippen LogP contribution in [0.2, 0.25) is 0 Å². The van der Waals surface area contributed by atoms with Gasteiger partial charge in [-0.15, -0.1) is 0 Å². The number of ether oxygens (including phenoxy) is 2. The molecule has 31 heavy (non-hydrogen) atoms. The first kappa shape index (κ1) is 21.1. The maximum atomic E-state index is 14.0. The highest BCUT2D eigenvalue weighted by molar-refractivity contribution is 5.87. The lowest BCUT2D eigenvalue weighted by molar-refractivity contribution is -0.272. The fourth-order valence-electron chi connectivity index (χ4n) is 9.93. The minimum Gasteiger partial charge on any atom is -0.393 e. The third-order valence-electron chi connectivity index (χ3n) is 11.8. The smallest absolute Gasteiger partial charge is 0.171 e. The Balaban J connectivity index is 1.30. The summed E-state index contributed by atoms with van der Waals surface area (Å²) in [7, 11) is 0. The molecule has 0 bridgehead atoms. The summed E-state index contributed by atoms with van der Waals surface area (Å²) in [6.07, 6.45) is 9.39. The summed E-state index contributed by atoms with van der Waals surface area (Å²) in [5.74, 6) is 3.45. The third kappa shape index (κ3) is 2.68. The van der Waals surface area contributed by atoms with Gasteiger partial charge in [0.1, 0.15) is 5.78 Å².